The summed E-state index contributed by atoms with van der Waals surface area (Å²) >= 11 is 0. The van der Waals surface area contributed by atoms with E-state index in [0.29, 0.717) is 0 Å². The van der Waals surface area contributed by atoms with Gasteiger partial charge in [0.2, 0.25) is 5.91 Å². The monoisotopic (exact) mass is 288 g/mol. The van der Waals surface area contributed by atoms with Crippen molar-refractivity contribution in [3.63, 3.8) is 0 Å². The van der Waals surface area contributed by atoms with Crippen LogP contribution in [0.4, 0.5) is 0 Å². The van der Waals surface area contributed by atoms with E-state index in [1.807, 2.05) is 31.2 Å². The highest BCUT2D eigenvalue weighted by molar-refractivity contribution is 5.99. The molecule has 21 heavy (non-hydrogen) atoms. The molecule has 1 aromatic carbocycles. The molecule has 0 aliphatic rings. The normalized spacial score (nSPS) is 11.3. The summed E-state index contributed by atoms with van der Waals surface area (Å²) in [7, 11) is 4.76. The number of nitrogens with one attached hydrogen (secondary N) is 1. The third kappa shape index (κ3) is 5.95. The molecule has 0 unspecified atom stereocenters. The molecule has 0 aromatic heterocycles. The zero-order valence-corrected chi connectivity index (χ0v) is 12.7. The Hall–Kier alpha value is -2.56. The van der Waals surface area contributed by atoms with Crippen LogP contribution >= 0.6 is 0 Å². The third-order valence-corrected chi connectivity index (χ3v) is 2.55. The zero-order chi connectivity index (χ0) is 15.8. The molecule has 5 heteroatoms. The Labute approximate surface area is 124 Å². The van der Waals surface area contributed by atoms with Crippen molar-refractivity contribution in [1.29, 1.82) is 0 Å². The maximum Gasteiger partial charge on any atom is 0.356 e. The number of amides is 1. The van der Waals surface area contributed by atoms with Crippen LogP contribution in [0.3, 0.4) is 0 Å². The molecule has 5 nitrogen and oxygen atoms in total. The molecule has 1 aromatic rings. The van der Waals surface area contributed by atoms with Crippen LogP contribution in [0.15, 0.2) is 42.2 Å². The molecule has 0 aliphatic carbocycles. The van der Waals surface area contributed by atoms with Crippen molar-refractivity contribution in [2.24, 2.45) is 0 Å². The SMILES string of the molecule is COC(=O)/C(=C\N(C)C)NC(=O)/C=C/c1ccc(C)cc1. The van der Waals surface area contributed by atoms with Gasteiger partial charge in [0, 0.05) is 26.4 Å². The highest BCUT2D eigenvalue weighted by atomic mass is 16.5. The predicted octanol–water partition coefficient (Wildman–Crippen LogP) is 1.70. The third-order valence-electron chi connectivity index (χ3n) is 2.55. The summed E-state index contributed by atoms with van der Waals surface area (Å²) in [4.78, 5) is 25.0. The summed E-state index contributed by atoms with van der Waals surface area (Å²) in [6.45, 7) is 1.99. The second-order valence-electron chi connectivity index (χ2n) is 4.73. The Balaban J connectivity index is 2.74. The number of benzene rings is 1. The van der Waals surface area contributed by atoms with Crippen molar-refractivity contribution in [3.8, 4) is 0 Å². The zero-order valence-electron chi connectivity index (χ0n) is 12.7. The predicted molar refractivity (Wildman–Crippen MR) is 82.1 cm³/mol. The van der Waals surface area contributed by atoms with Gasteiger partial charge in [-0.05, 0) is 18.6 Å². The number of hydrogen-bond donors (Lipinski definition) is 1. The van der Waals surface area contributed by atoms with E-state index in [1.165, 1.54) is 19.4 Å². The number of carbonyl (C=O) groups excluding carboxylic acids is 2. The first-order valence-electron chi connectivity index (χ1n) is 6.44. The second kappa shape index (κ2) is 7.89. The summed E-state index contributed by atoms with van der Waals surface area (Å²) in [5.74, 6) is -0.991. The maximum absolute atomic E-state index is 11.8. The smallest absolute Gasteiger partial charge is 0.356 e. The lowest BCUT2D eigenvalue weighted by Crippen LogP contribution is -2.28. The fraction of sp³-hybridized carbons (Fsp3) is 0.250. The molecule has 0 fully saturated rings. The Bertz CT molecular complexity index is 557. The molecular weight excluding hydrogens is 268 g/mol. The average Bonchev–Trinajstić information content (AvgIpc) is 2.44. The Kier molecular flexibility index (Phi) is 6.20. The minimum Gasteiger partial charge on any atom is -0.464 e. The van der Waals surface area contributed by atoms with E-state index < -0.39 is 11.9 Å². The van der Waals surface area contributed by atoms with Crippen molar-refractivity contribution >= 4 is 18.0 Å². The lowest BCUT2D eigenvalue weighted by atomic mass is 10.1. The van der Waals surface area contributed by atoms with Gasteiger partial charge in [-0.1, -0.05) is 29.8 Å². The Morgan fingerprint density at radius 1 is 1.19 bits per heavy atom. The maximum atomic E-state index is 11.8. The molecule has 0 spiro atoms. The molecule has 1 N–H and O–H groups in total. The first kappa shape index (κ1) is 16.5. The van der Waals surface area contributed by atoms with E-state index in [9.17, 15) is 9.59 Å². The first-order chi connectivity index (χ1) is 9.92. The molecule has 1 rings (SSSR count). The van der Waals surface area contributed by atoms with Gasteiger partial charge in [0.15, 0.2) is 0 Å². The lowest BCUT2D eigenvalue weighted by Gasteiger charge is -2.10. The molecule has 0 bridgehead atoms. The number of hydrogen-bond acceptors (Lipinski definition) is 4. The van der Waals surface area contributed by atoms with Gasteiger partial charge < -0.3 is 15.0 Å². The number of esters is 1. The summed E-state index contributed by atoms with van der Waals surface area (Å²) in [5, 5.41) is 2.50. The van der Waals surface area contributed by atoms with Gasteiger partial charge in [-0.25, -0.2) is 4.79 Å². The van der Waals surface area contributed by atoms with Crippen molar-refractivity contribution in [2.75, 3.05) is 21.2 Å². The highest BCUT2D eigenvalue weighted by Crippen LogP contribution is 2.05. The minimum absolute atomic E-state index is 0.0843. The quantitative estimate of drug-likeness (QED) is 0.662. The van der Waals surface area contributed by atoms with Crippen LogP contribution in [0.25, 0.3) is 6.08 Å². The molecule has 0 atom stereocenters. The number of nitrogens with zero attached hydrogens (tertiary/aromatic N) is 1. The standard InChI is InChI=1S/C16H20N2O3/c1-12-5-7-13(8-6-12)9-10-15(19)17-14(11-18(2)3)16(20)21-4/h5-11H,1-4H3,(H,17,19)/b10-9+,14-11+. The molecule has 0 saturated heterocycles. The van der Waals surface area contributed by atoms with Crippen molar-refractivity contribution in [3.05, 3.63) is 53.4 Å². The van der Waals surface area contributed by atoms with Crippen LogP contribution in [-0.2, 0) is 14.3 Å². The minimum atomic E-state index is -0.596. The summed E-state index contributed by atoms with van der Waals surface area (Å²) in [5.41, 5.74) is 2.14. The number of methoxy groups -OCH3 is 1. The number of ether oxygens (including phenoxy) is 1. The average molecular weight is 288 g/mol. The van der Waals surface area contributed by atoms with Crippen LogP contribution in [0.5, 0.6) is 0 Å². The van der Waals surface area contributed by atoms with Gasteiger partial charge in [-0.2, -0.15) is 0 Å². The van der Waals surface area contributed by atoms with Gasteiger partial charge in [-0.15, -0.1) is 0 Å². The number of aryl methyl sites for hydroxylation is 1. The molecule has 112 valence electrons. The molecule has 0 saturated carbocycles. The summed E-state index contributed by atoms with van der Waals surface area (Å²) in [6.07, 6.45) is 4.54. The first-order valence-corrected chi connectivity index (χ1v) is 6.44. The molecule has 0 aliphatic heterocycles. The van der Waals surface area contributed by atoms with Crippen molar-refractivity contribution in [1.82, 2.24) is 10.2 Å². The fourth-order valence-corrected chi connectivity index (χ4v) is 1.53. The number of carbonyl (C=O) groups is 2. The van der Waals surface area contributed by atoms with E-state index in [2.05, 4.69) is 10.1 Å². The molecule has 1 amide bonds. The Morgan fingerprint density at radius 2 is 1.81 bits per heavy atom. The van der Waals surface area contributed by atoms with Gasteiger partial charge >= 0.3 is 5.97 Å². The van der Waals surface area contributed by atoms with Crippen LogP contribution < -0.4 is 5.32 Å². The van der Waals surface area contributed by atoms with E-state index >= 15 is 0 Å². The van der Waals surface area contributed by atoms with E-state index in [1.54, 1.807) is 25.1 Å². The van der Waals surface area contributed by atoms with Gasteiger partial charge in [-0.3, -0.25) is 4.79 Å². The van der Waals surface area contributed by atoms with E-state index in [0.717, 1.165) is 11.1 Å². The van der Waals surface area contributed by atoms with E-state index in [-0.39, 0.29) is 5.70 Å². The summed E-state index contributed by atoms with van der Waals surface area (Å²) in [6, 6.07) is 7.75. The Morgan fingerprint density at radius 3 is 2.33 bits per heavy atom. The van der Waals surface area contributed by atoms with E-state index in [4.69, 9.17) is 0 Å². The van der Waals surface area contributed by atoms with Crippen LogP contribution in [0, 0.1) is 6.92 Å². The van der Waals surface area contributed by atoms with Gasteiger partial charge in [0.1, 0.15) is 5.70 Å². The highest BCUT2D eigenvalue weighted by Gasteiger charge is 2.12. The molecule has 0 radical (unpaired) electrons. The molecule has 0 heterocycles. The van der Waals surface area contributed by atoms with Crippen LogP contribution in [0.2, 0.25) is 0 Å². The van der Waals surface area contributed by atoms with Crippen LogP contribution in [-0.4, -0.2) is 38.0 Å². The topological polar surface area (TPSA) is 58.6 Å². The lowest BCUT2D eigenvalue weighted by molar-refractivity contribution is -0.137. The second-order valence-corrected chi connectivity index (χ2v) is 4.73. The largest absolute Gasteiger partial charge is 0.464 e. The van der Waals surface area contributed by atoms with Gasteiger partial charge in [0.25, 0.3) is 0 Å². The number of rotatable bonds is 5. The fourth-order valence-electron chi connectivity index (χ4n) is 1.53. The summed E-state index contributed by atoms with van der Waals surface area (Å²) < 4.78 is 4.62. The van der Waals surface area contributed by atoms with Gasteiger partial charge in [0.05, 0.1) is 7.11 Å². The van der Waals surface area contributed by atoms with Crippen LogP contribution in [0.1, 0.15) is 11.1 Å². The molecular formula is C16H20N2O3. The van der Waals surface area contributed by atoms with Crippen molar-refractivity contribution < 1.29 is 14.3 Å². The van der Waals surface area contributed by atoms with Crippen molar-refractivity contribution in [2.45, 2.75) is 6.92 Å².